The largest absolute Gasteiger partial charge is 0.330 e. The zero-order chi connectivity index (χ0) is 12.8. The highest BCUT2D eigenvalue weighted by molar-refractivity contribution is 5.92. The Balaban J connectivity index is 1.81. The van der Waals surface area contributed by atoms with Gasteiger partial charge >= 0.3 is 0 Å². The highest BCUT2D eigenvalue weighted by atomic mass is 16.2. The van der Waals surface area contributed by atoms with E-state index in [1.54, 1.807) is 0 Å². The molecule has 1 aromatic carbocycles. The summed E-state index contributed by atoms with van der Waals surface area (Å²) in [5.41, 5.74) is 6.38. The quantitative estimate of drug-likeness (QED) is 0.766. The topological polar surface area (TPSA) is 58.4 Å². The number of benzene rings is 1. The molecule has 0 aliphatic heterocycles. The van der Waals surface area contributed by atoms with Crippen LogP contribution in [0.1, 0.15) is 19.3 Å². The van der Waals surface area contributed by atoms with E-state index in [1.807, 2.05) is 30.3 Å². The summed E-state index contributed by atoms with van der Waals surface area (Å²) in [4.78, 5) is 14.2. The first kappa shape index (κ1) is 13.1. The number of anilines is 1. The molecule has 1 aliphatic rings. The Hall–Kier alpha value is -1.39. The molecule has 0 aromatic heterocycles. The zero-order valence-corrected chi connectivity index (χ0v) is 10.6. The number of rotatable bonds is 7. The second-order valence-electron chi connectivity index (χ2n) is 4.76. The predicted molar refractivity (Wildman–Crippen MR) is 73.3 cm³/mol. The van der Waals surface area contributed by atoms with Gasteiger partial charge in [-0.15, -0.1) is 0 Å². The van der Waals surface area contributed by atoms with E-state index in [0.29, 0.717) is 19.1 Å². The van der Waals surface area contributed by atoms with Crippen molar-refractivity contribution < 1.29 is 4.79 Å². The molecule has 4 heteroatoms. The van der Waals surface area contributed by atoms with Crippen molar-refractivity contribution in [1.29, 1.82) is 0 Å². The number of nitrogens with one attached hydrogen (secondary N) is 1. The molecule has 1 fully saturated rings. The van der Waals surface area contributed by atoms with Gasteiger partial charge in [0.2, 0.25) is 5.91 Å². The summed E-state index contributed by atoms with van der Waals surface area (Å²) in [5.74, 6) is 0.0603. The average molecular weight is 247 g/mol. The van der Waals surface area contributed by atoms with Gasteiger partial charge in [0, 0.05) is 18.3 Å². The maximum absolute atomic E-state index is 11.9. The first-order valence-corrected chi connectivity index (χ1v) is 6.58. The lowest BCUT2D eigenvalue weighted by Gasteiger charge is -2.20. The SMILES string of the molecule is NCCCN(CC(=O)Nc1ccccc1)C1CC1. The van der Waals surface area contributed by atoms with Crippen LogP contribution in [0.4, 0.5) is 5.69 Å². The molecule has 2 rings (SSSR count). The highest BCUT2D eigenvalue weighted by Crippen LogP contribution is 2.26. The van der Waals surface area contributed by atoms with Crippen molar-refractivity contribution >= 4 is 11.6 Å². The van der Waals surface area contributed by atoms with Crippen LogP contribution in [0.3, 0.4) is 0 Å². The zero-order valence-electron chi connectivity index (χ0n) is 10.6. The number of nitrogens with zero attached hydrogens (tertiary/aromatic N) is 1. The van der Waals surface area contributed by atoms with Crippen LogP contribution < -0.4 is 11.1 Å². The molecule has 0 saturated heterocycles. The lowest BCUT2D eigenvalue weighted by atomic mass is 10.3. The third kappa shape index (κ3) is 4.13. The molecule has 0 radical (unpaired) electrons. The standard InChI is InChI=1S/C14H21N3O/c15-9-4-10-17(13-7-8-13)11-14(18)16-12-5-2-1-3-6-12/h1-3,5-6,13H,4,7-11,15H2,(H,16,18). The Labute approximate surface area is 108 Å². The van der Waals surface area contributed by atoms with Crippen LogP contribution in [0, 0.1) is 0 Å². The van der Waals surface area contributed by atoms with Gasteiger partial charge in [-0.1, -0.05) is 18.2 Å². The smallest absolute Gasteiger partial charge is 0.238 e. The summed E-state index contributed by atoms with van der Waals surface area (Å²) in [5, 5.41) is 2.92. The predicted octanol–water partition coefficient (Wildman–Crippen LogP) is 1.44. The molecule has 0 spiro atoms. The molecule has 0 atom stereocenters. The van der Waals surface area contributed by atoms with E-state index in [1.165, 1.54) is 12.8 Å². The summed E-state index contributed by atoms with van der Waals surface area (Å²) in [6.07, 6.45) is 3.38. The van der Waals surface area contributed by atoms with Crippen molar-refractivity contribution in [2.45, 2.75) is 25.3 Å². The molecule has 18 heavy (non-hydrogen) atoms. The van der Waals surface area contributed by atoms with Crippen molar-refractivity contribution in [3.8, 4) is 0 Å². The molecule has 98 valence electrons. The van der Waals surface area contributed by atoms with Gasteiger partial charge in [0.15, 0.2) is 0 Å². The number of carbonyl (C=O) groups excluding carboxylic acids is 1. The fraction of sp³-hybridized carbons (Fsp3) is 0.500. The molecule has 1 amide bonds. The van der Waals surface area contributed by atoms with Crippen LogP contribution in [0.25, 0.3) is 0 Å². The summed E-state index contributed by atoms with van der Waals surface area (Å²) < 4.78 is 0. The molecule has 0 bridgehead atoms. The van der Waals surface area contributed by atoms with Gasteiger partial charge in [0.25, 0.3) is 0 Å². The van der Waals surface area contributed by atoms with Crippen molar-refractivity contribution in [3.63, 3.8) is 0 Å². The van der Waals surface area contributed by atoms with Crippen LogP contribution in [0.15, 0.2) is 30.3 Å². The number of hydrogen-bond acceptors (Lipinski definition) is 3. The fourth-order valence-electron chi connectivity index (χ4n) is 2.03. The van der Waals surface area contributed by atoms with E-state index in [4.69, 9.17) is 5.73 Å². The molecular formula is C14H21N3O. The average Bonchev–Trinajstić information content (AvgIpc) is 3.20. The summed E-state index contributed by atoms with van der Waals surface area (Å²) in [7, 11) is 0. The summed E-state index contributed by atoms with van der Waals surface area (Å²) in [6.45, 7) is 2.08. The number of nitrogens with two attached hydrogens (primary N) is 1. The number of carbonyl (C=O) groups is 1. The minimum atomic E-state index is 0.0603. The Morgan fingerprint density at radius 1 is 1.33 bits per heavy atom. The van der Waals surface area contributed by atoms with E-state index < -0.39 is 0 Å². The van der Waals surface area contributed by atoms with Gasteiger partial charge in [0.05, 0.1) is 6.54 Å². The fourth-order valence-corrected chi connectivity index (χ4v) is 2.03. The van der Waals surface area contributed by atoms with Crippen LogP contribution in [0.5, 0.6) is 0 Å². The van der Waals surface area contributed by atoms with E-state index in [9.17, 15) is 4.79 Å². The molecule has 3 N–H and O–H groups in total. The van der Waals surface area contributed by atoms with Crippen molar-refractivity contribution in [2.75, 3.05) is 25.0 Å². The van der Waals surface area contributed by atoms with Gasteiger partial charge in [-0.25, -0.2) is 0 Å². The Morgan fingerprint density at radius 3 is 2.67 bits per heavy atom. The molecule has 0 heterocycles. The monoisotopic (exact) mass is 247 g/mol. The van der Waals surface area contributed by atoms with Gasteiger partial charge in [-0.2, -0.15) is 0 Å². The lowest BCUT2D eigenvalue weighted by molar-refractivity contribution is -0.117. The molecular weight excluding hydrogens is 226 g/mol. The normalized spacial score (nSPS) is 14.8. The van der Waals surface area contributed by atoms with Crippen molar-refractivity contribution in [1.82, 2.24) is 4.90 Å². The van der Waals surface area contributed by atoms with Gasteiger partial charge in [-0.3, -0.25) is 9.69 Å². The third-order valence-corrected chi connectivity index (χ3v) is 3.12. The Morgan fingerprint density at radius 2 is 2.06 bits per heavy atom. The molecule has 4 nitrogen and oxygen atoms in total. The highest BCUT2D eigenvalue weighted by Gasteiger charge is 2.29. The van der Waals surface area contributed by atoms with Gasteiger partial charge < -0.3 is 11.1 Å². The van der Waals surface area contributed by atoms with Crippen LogP contribution in [-0.4, -0.2) is 36.5 Å². The number of para-hydroxylation sites is 1. The molecule has 1 aliphatic carbocycles. The molecule has 1 aromatic rings. The number of hydrogen-bond donors (Lipinski definition) is 2. The van der Waals surface area contributed by atoms with Crippen LogP contribution in [0.2, 0.25) is 0 Å². The Bertz CT molecular complexity index is 376. The maximum Gasteiger partial charge on any atom is 0.238 e. The summed E-state index contributed by atoms with van der Waals surface area (Å²) >= 11 is 0. The van der Waals surface area contributed by atoms with Crippen LogP contribution >= 0.6 is 0 Å². The maximum atomic E-state index is 11.9. The van der Waals surface area contributed by atoms with E-state index in [2.05, 4.69) is 10.2 Å². The van der Waals surface area contributed by atoms with Crippen molar-refractivity contribution in [3.05, 3.63) is 30.3 Å². The van der Waals surface area contributed by atoms with Crippen molar-refractivity contribution in [2.24, 2.45) is 5.73 Å². The number of amides is 1. The van der Waals surface area contributed by atoms with E-state index in [0.717, 1.165) is 18.7 Å². The molecule has 0 unspecified atom stereocenters. The summed E-state index contributed by atoms with van der Waals surface area (Å²) in [6, 6.07) is 10.2. The third-order valence-electron chi connectivity index (χ3n) is 3.12. The first-order valence-electron chi connectivity index (χ1n) is 6.58. The van der Waals surface area contributed by atoms with E-state index in [-0.39, 0.29) is 5.91 Å². The van der Waals surface area contributed by atoms with E-state index >= 15 is 0 Å². The minimum absolute atomic E-state index is 0.0603. The van der Waals surface area contributed by atoms with Gasteiger partial charge in [0.1, 0.15) is 0 Å². The second-order valence-corrected chi connectivity index (χ2v) is 4.76. The Kier molecular flexibility index (Phi) is 4.73. The lowest BCUT2D eigenvalue weighted by Crippen LogP contribution is -2.36. The molecule has 1 saturated carbocycles. The first-order chi connectivity index (χ1) is 8.79. The second kappa shape index (κ2) is 6.52. The van der Waals surface area contributed by atoms with Crippen LogP contribution in [-0.2, 0) is 4.79 Å². The van der Waals surface area contributed by atoms with Gasteiger partial charge in [-0.05, 0) is 37.9 Å². The minimum Gasteiger partial charge on any atom is -0.330 e.